The quantitative estimate of drug-likeness (QED) is 0.504. The van der Waals surface area contributed by atoms with Crippen LogP contribution in [-0.2, 0) is 0 Å². The summed E-state index contributed by atoms with van der Waals surface area (Å²) < 4.78 is 9.18. The Kier molecular flexibility index (Phi) is 4.77. The lowest BCUT2D eigenvalue weighted by Crippen LogP contribution is -2.03. The minimum Gasteiger partial charge on any atom is -0.449 e. The van der Waals surface area contributed by atoms with Gasteiger partial charge >= 0.3 is 12.3 Å². The van der Waals surface area contributed by atoms with Crippen LogP contribution in [0.1, 0.15) is 11.1 Å². The highest BCUT2D eigenvalue weighted by atomic mass is 16.7. The van der Waals surface area contributed by atoms with Crippen molar-refractivity contribution in [2.45, 2.75) is 0 Å². The predicted molar refractivity (Wildman–Crippen MR) is 79.1 cm³/mol. The van der Waals surface area contributed by atoms with Crippen molar-refractivity contribution in [2.75, 3.05) is 0 Å². The van der Waals surface area contributed by atoms with E-state index in [9.17, 15) is 9.59 Å². The average molecular weight is 300 g/mol. The second kappa shape index (κ2) is 6.94. The summed E-state index contributed by atoms with van der Waals surface area (Å²) in [6, 6.07) is 13.1. The molecule has 0 aliphatic rings. The number of carboxylic acid groups (broad SMARTS) is 2. The molecule has 0 spiro atoms. The van der Waals surface area contributed by atoms with Gasteiger partial charge in [0, 0.05) is 5.56 Å². The zero-order chi connectivity index (χ0) is 15.9. The molecular weight excluding hydrogens is 288 g/mol. The second-order valence-electron chi connectivity index (χ2n) is 4.18. The van der Waals surface area contributed by atoms with E-state index < -0.39 is 12.3 Å². The number of hydrogen-bond donors (Lipinski definition) is 2. The van der Waals surface area contributed by atoms with Gasteiger partial charge in [0.15, 0.2) is 0 Å². The molecule has 22 heavy (non-hydrogen) atoms. The topological polar surface area (TPSA) is 93.1 Å². The highest BCUT2D eigenvalue weighted by Crippen LogP contribution is 2.21. The summed E-state index contributed by atoms with van der Waals surface area (Å²) in [7, 11) is 0. The van der Waals surface area contributed by atoms with E-state index in [-0.39, 0.29) is 11.5 Å². The van der Waals surface area contributed by atoms with Crippen molar-refractivity contribution >= 4 is 24.5 Å². The van der Waals surface area contributed by atoms with Crippen molar-refractivity contribution in [1.82, 2.24) is 0 Å². The van der Waals surface area contributed by atoms with Gasteiger partial charge in [0.2, 0.25) is 0 Å². The molecule has 0 aliphatic carbocycles. The molecule has 112 valence electrons. The largest absolute Gasteiger partial charge is 0.511 e. The third kappa shape index (κ3) is 4.38. The molecule has 0 amide bonds. The molecule has 0 heterocycles. The summed E-state index contributed by atoms with van der Waals surface area (Å²) in [6.07, 6.45) is 0.693. The van der Waals surface area contributed by atoms with Crippen LogP contribution in [0, 0.1) is 0 Å². The Bertz CT molecular complexity index is 703. The molecule has 0 radical (unpaired) electrons. The molecule has 2 rings (SSSR count). The zero-order valence-electron chi connectivity index (χ0n) is 11.3. The van der Waals surface area contributed by atoms with Crippen molar-refractivity contribution in [2.24, 2.45) is 0 Å². The van der Waals surface area contributed by atoms with Gasteiger partial charge in [0.1, 0.15) is 11.5 Å². The second-order valence-corrected chi connectivity index (χ2v) is 4.18. The number of rotatable bonds is 4. The van der Waals surface area contributed by atoms with Crippen molar-refractivity contribution in [1.29, 1.82) is 0 Å². The van der Waals surface area contributed by atoms with Crippen molar-refractivity contribution in [3.63, 3.8) is 0 Å². The van der Waals surface area contributed by atoms with E-state index in [1.165, 1.54) is 12.1 Å². The van der Waals surface area contributed by atoms with Gasteiger partial charge in [-0.1, -0.05) is 42.5 Å². The van der Waals surface area contributed by atoms with Crippen LogP contribution in [0.2, 0.25) is 0 Å². The number of carbonyl (C=O) groups is 2. The fraction of sp³-hybridized carbons (Fsp3) is 0. The van der Waals surface area contributed by atoms with Gasteiger partial charge in [0.05, 0.1) is 0 Å². The van der Waals surface area contributed by atoms with Crippen molar-refractivity contribution in [3.8, 4) is 11.5 Å². The van der Waals surface area contributed by atoms with Gasteiger partial charge < -0.3 is 19.7 Å². The van der Waals surface area contributed by atoms with Crippen LogP contribution in [0.3, 0.4) is 0 Å². The van der Waals surface area contributed by atoms with Gasteiger partial charge in [0.25, 0.3) is 0 Å². The molecule has 0 aromatic heterocycles. The fourth-order valence-electron chi connectivity index (χ4n) is 1.74. The number of para-hydroxylation sites is 1. The van der Waals surface area contributed by atoms with Gasteiger partial charge in [-0.3, -0.25) is 0 Å². The summed E-state index contributed by atoms with van der Waals surface area (Å²) in [5.41, 5.74) is 1.40. The van der Waals surface area contributed by atoms with Crippen LogP contribution in [0.25, 0.3) is 12.2 Å². The Hall–Kier alpha value is -3.28. The predicted octanol–water partition coefficient (Wildman–Crippen LogP) is 3.97. The van der Waals surface area contributed by atoms with E-state index in [2.05, 4.69) is 9.47 Å². The van der Waals surface area contributed by atoms with Crippen LogP contribution in [-0.4, -0.2) is 22.5 Å². The smallest absolute Gasteiger partial charge is 0.449 e. The third-order valence-corrected chi connectivity index (χ3v) is 2.66. The van der Waals surface area contributed by atoms with Gasteiger partial charge in [-0.2, -0.15) is 0 Å². The van der Waals surface area contributed by atoms with Crippen LogP contribution < -0.4 is 9.47 Å². The van der Waals surface area contributed by atoms with E-state index in [1.54, 1.807) is 48.6 Å². The summed E-state index contributed by atoms with van der Waals surface area (Å²) in [6.45, 7) is 0. The molecule has 2 aromatic carbocycles. The highest BCUT2D eigenvalue weighted by Gasteiger charge is 2.04. The highest BCUT2D eigenvalue weighted by molar-refractivity contribution is 5.74. The lowest BCUT2D eigenvalue weighted by molar-refractivity contribution is 0.143. The third-order valence-electron chi connectivity index (χ3n) is 2.66. The molecule has 0 bridgehead atoms. The first-order chi connectivity index (χ1) is 10.5. The summed E-state index contributed by atoms with van der Waals surface area (Å²) >= 11 is 0. The Labute approximate surface area is 125 Å². The van der Waals surface area contributed by atoms with E-state index >= 15 is 0 Å². The SMILES string of the molecule is O=C(O)Oc1ccc(/C=C/c2ccccc2OC(=O)O)cc1. The maximum atomic E-state index is 10.6. The Morgan fingerprint density at radius 3 is 2.09 bits per heavy atom. The first-order valence-corrected chi connectivity index (χ1v) is 6.23. The maximum absolute atomic E-state index is 10.6. The summed E-state index contributed by atoms with van der Waals surface area (Å²) in [5.74, 6) is 0.455. The Morgan fingerprint density at radius 1 is 0.818 bits per heavy atom. The fourth-order valence-corrected chi connectivity index (χ4v) is 1.74. The van der Waals surface area contributed by atoms with Crippen LogP contribution >= 0.6 is 0 Å². The Morgan fingerprint density at radius 2 is 1.45 bits per heavy atom. The molecule has 0 atom stereocenters. The first-order valence-electron chi connectivity index (χ1n) is 6.23. The van der Waals surface area contributed by atoms with Gasteiger partial charge in [-0.15, -0.1) is 0 Å². The van der Waals surface area contributed by atoms with E-state index in [1.807, 2.05) is 0 Å². The van der Waals surface area contributed by atoms with E-state index in [4.69, 9.17) is 10.2 Å². The molecule has 0 saturated heterocycles. The molecule has 6 nitrogen and oxygen atoms in total. The minimum atomic E-state index is -1.38. The zero-order valence-corrected chi connectivity index (χ0v) is 11.3. The number of ether oxygens (including phenoxy) is 2. The number of hydrogen-bond acceptors (Lipinski definition) is 4. The molecule has 2 N–H and O–H groups in total. The molecule has 6 heteroatoms. The van der Waals surface area contributed by atoms with Gasteiger partial charge in [-0.25, -0.2) is 9.59 Å². The molecular formula is C16H12O6. The average Bonchev–Trinajstić information content (AvgIpc) is 2.47. The van der Waals surface area contributed by atoms with E-state index in [0.29, 0.717) is 5.56 Å². The number of benzene rings is 2. The molecule has 0 fully saturated rings. The lowest BCUT2D eigenvalue weighted by Gasteiger charge is -2.04. The van der Waals surface area contributed by atoms with Crippen LogP contribution in [0.15, 0.2) is 48.5 Å². The normalized spacial score (nSPS) is 10.4. The van der Waals surface area contributed by atoms with E-state index in [0.717, 1.165) is 5.56 Å². The molecule has 0 unspecified atom stereocenters. The minimum absolute atomic E-state index is 0.222. The monoisotopic (exact) mass is 300 g/mol. The first kappa shape index (κ1) is 15.1. The van der Waals surface area contributed by atoms with Crippen molar-refractivity contribution < 1.29 is 29.3 Å². The van der Waals surface area contributed by atoms with Gasteiger partial charge in [-0.05, 0) is 23.8 Å². The lowest BCUT2D eigenvalue weighted by atomic mass is 10.1. The molecule has 0 saturated carbocycles. The van der Waals surface area contributed by atoms with Crippen LogP contribution in [0.5, 0.6) is 11.5 Å². The summed E-state index contributed by atoms with van der Waals surface area (Å²) in [4.78, 5) is 21.0. The molecule has 2 aromatic rings. The Balaban J connectivity index is 2.15. The van der Waals surface area contributed by atoms with Crippen LogP contribution in [0.4, 0.5) is 9.59 Å². The standard InChI is InChI=1S/C16H12O6/c17-15(18)21-13-9-6-11(7-10-13)5-8-12-3-1-2-4-14(12)22-16(19)20/h1-10H,(H,17,18)(H,19,20)/b8-5+. The van der Waals surface area contributed by atoms with Crippen molar-refractivity contribution in [3.05, 3.63) is 59.7 Å². The molecule has 0 aliphatic heterocycles. The maximum Gasteiger partial charge on any atom is 0.511 e. The summed E-state index contributed by atoms with van der Waals surface area (Å²) in [5, 5.41) is 17.2.